The van der Waals surface area contributed by atoms with Gasteiger partial charge < -0.3 is 14.2 Å². The van der Waals surface area contributed by atoms with Gasteiger partial charge >= 0.3 is 5.97 Å². The van der Waals surface area contributed by atoms with Gasteiger partial charge in [0.25, 0.3) is 0 Å². The molecule has 1 aliphatic carbocycles. The lowest BCUT2D eigenvalue weighted by atomic mass is 9.67. The highest BCUT2D eigenvalue weighted by atomic mass is 16.5. The van der Waals surface area contributed by atoms with Crippen LogP contribution in [0.15, 0.2) is 64.8 Å². The number of nitrogens with zero attached hydrogens (tertiary/aromatic N) is 1. The molecule has 2 aromatic carbocycles. The summed E-state index contributed by atoms with van der Waals surface area (Å²) in [5, 5.41) is 0. The van der Waals surface area contributed by atoms with Crippen molar-refractivity contribution in [3.8, 4) is 11.5 Å². The number of Topliss-reactive ketones (excluding diaryl/α,β-unsaturated/α-hetero) is 1. The van der Waals surface area contributed by atoms with E-state index in [0.29, 0.717) is 48.8 Å². The Bertz CT molecular complexity index is 1200. The van der Waals surface area contributed by atoms with Crippen LogP contribution in [-0.4, -0.2) is 31.2 Å². The molecular weight excluding hydrogens is 454 g/mol. The number of benzene rings is 2. The maximum Gasteiger partial charge on any atom is 0.315 e. The van der Waals surface area contributed by atoms with E-state index >= 15 is 0 Å². The number of hydrogen-bond acceptors (Lipinski definition) is 6. The molecule has 0 saturated carbocycles. The highest BCUT2D eigenvalue weighted by Crippen LogP contribution is 2.49. The lowest BCUT2D eigenvalue weighted by Crippen LogP contribution is -2.39. The van der Waals surface area contributed by atoms with Crippen LogP contribution in [0.2, 0.25) is 0 Å². The molecule has 0 radical (unpaired) electrons. The van der Waals surface area contributed by atoms with Crippen LogP contribution in [0, 0.1) is 11.3 Å². The fourth-order valence-corrected chi connectivity index (χ4v) is 5.14. The van der Waals surface area contributed by atoms with E-state index < -0.39 is 11.8 Å². The number of rotatable bonds is 8. The standard InChI is InChI=1S/C30H35NO5/c1-6-14-35-29(33)26-19(2)31-22-16-30(3,4)17-23(32)28(22)27(26)21-12-13-24(25(15-21)34-5)36-18-20-10-8-7-9-11-20/h7-13,15,26-27H,6,14,16-18H2,1-5H3/t26?,27-/m1/s1. The molecule has 1 unspecified atom stereocenters. The Labute approximate surface area is 213 Å². The van der Waals surface area contributed by atoms with Crippen LogP contribution in [0.1, 0.15) is 64.0 Å². The minimum atomic E-state index is -0.666. The lowest BCUT2D eigenvalue weighted by molar-refractivity contribution is -0.146. The summed E-state index contributed by atoms with van der Waals surface area (Å²) in [5.74, 6) is -0.310. The maximum atomic E-state index is 13.5. The summed E-state index contributed by atoms with van der Waals surface area (Å²) in [5.41, 5.74) is 3.76. The molecule has 2 aromatic rings. The first-order chi connectivity index (χ1) is 17.2. The number of carbonyl (C=O) groups excluding carboxylic acids is 2. The van der Waals surface area contributed by atoms with Gasteiger partial charge in [-0.3, -0.25) is 14.6 Å². The van der Waals surface area contributed by atoms with Crippen molar-refractivity contribution in [2.75, 3.05) is 13.7 Å². The van der Waals surface area contributed by atoms with E-state index in [2.05, 4.69) is 13.8 Å². The van der Waals surface area contributed by atoms with Crippen LogP contribution in [-0.2, 0) is 20.9 Å². The van der Waals surface area contributed by atoms with Gasteiger partial charge in [0.05, 0.1) is 13.7 Å². The van der Waals surface area contributed by atoms with Crippen molar-refractivity contribution in [3.63, 3.8) is 0 Å². The Morgan fingerprint density at radius 1 is 1.08 bits per heavy atom. The maximum absolute atomic E-state index is 13.5. The van der Waals surface area contributed by atoms with Crippen LogP contribution in [0.25, 0.3) is 0 Å². The molecule has 6 nitrogen and oxygen atoms in total. The van der Waals surface area contributed by atoms with Crippen molar-refractivity contribution in [2.45, 2.75) is 59.5 Å². The molecule has 0 aromatic heterocycles. The molecule has 1 heterocycles. The molecule has 36 heavy (non-hydrogen) atoms. The molecule has 190 valence electrons. The van der Waals surface area contributed by atoms with E-state index in [-0.39, 0.29) is 17.2 Å². The predicted octanol–water partition coefficient (Wildman–Crippen LogP) is 6.04. The molecular formula is C30H35NO5. The number of ketones is 1. The fourth-order valence-electron chi connectivity index (χ4n) is 5.14. The van der Waals surface area contributed by atoms with Gasteiger partial charge in [0.1, 0.15) is 12.5 Å². The summed E-state index contributed by atoms with van der Waals surface area (Å²) in [4.78, 5) is 31.5. The van der Waals surface area contributed by atoms with Gasteiger partial charge in [-0.1, -0.05) is 57.2 Å². The van der Waals surface area contributed by atoms with Gasteiger partial charge in [0.15, 0.2) is 17.3 Å². The largest absolute Gasteiger partial charge is 0.493 e. The Kier molecular flexibility index (Phi) is 7.62. The first-order valence-electron chi connectivity index (χ1n) is 12.6. The number of carbonyl (C=O) groups is 2. The predicted molar refractivity (Wildman–Crippen MR) is 139 cm³/mol. The van der Waals surface area contributed by atoms with Gasteiger partial charge in [0.2, 0.25) is 0 Å². The molecule has 0 saturated heterocycles. The Morgan fingerprint density at radius 3 is 2.53 bits per heavy atom. The highest BCUT2D eigenvalue weighted by molar-refractivity contribution is 6.09. The minimum Gasteiger partial charge on any atom is -0.493 e. The molecule has 0 fully saturated rings. The Balaban J connectivity index is 1.74. The molecule has 0 amide bonds. The Morgan fingerprint density at radius 2 is 1.83 bits per heavy atom. The van der Waals surface area contributed by atoms with E-state index in [1.54, 1.807) is 7.11 Å². The van der Waals surface area contributed by atoms with Gasteiger partial charge in [0, 0.05) is 29.3 Å². The molecule has 2 aliphatic rings. The zero-order valence-electron chi connectivity index (χ0n) is 21.8. The number of esters is 1. The normalized spacial score (nSPS) is 20.9. The van der Waals surface area contributed by atoms with Crippen molar-refractivity contribution in [3.05, 3.63) is 70.9 Å². The third kappa shape index (κ3) is 5.38. The molecule has 0 spiro atoms. The van der Waals surface area contributed by atoms with Gasteiger partial charge in [-0.05, 0) is 48.4 Å². The van der Waals surface area contributed by atoms with Crippen LogP contribution < -0.4 is 9.47 Å². The number of aliphatic imine (C=N–C) groups is 1. The van der Waals surface area contributed by atoms with Crippen molar-refractivity contribution in [1.29, 1.82) is 0 Å². The molecule has 0 N–H and O–H groups in total. The number of methoxy groups -OCH3 is 1. The molecule has 0 bridgehead atoms. The van der Waals surface area contributed by atoms with Gasteiger partial charge in [-0.2, -0.15) is 0 Å². The van der Waals surface area contributed by atoms with Crippen LogP contribution >= 0.6 is 0 Å². The topological polar surface area (TPSA) is 74.2 Å². The van der Waals surface area contributed by atoms with Crippen molar-refractivity contribution in [1.82, 2.24) is 0 Å². The lowest BCUT2D eigenvalue weighted by Gasteiger charge is -2.39. The average molecular weight is 490 g/mol. The van der Waals surface area contributed by atoms with E-state index in [1.165, 1.54) is 0 Å². The summed E-state index contributed by atoms with van der Waals surface area (Å²) in [6.45, 7) is 8.71. The second-order valence-electron chi connectivity index (χ2n) is 10.4. The van der Waals surface area contributed by atoms with Crippen LogP contribution in [0.5, 0.6) is 11.5 Å². The summed E-state index contributed by atoms with van der Waals surface area (Å²) in [6, 6.07) is 15.6. The third-order valence-electron chi connectivity index (χ3n) is 6.79. The van der Waals surface area contributed by atoms with Crippen molar-refractivity contribution < 1.29 is 23.8 Å². The highest BCUT2D eigenvalue weighted by Gasteiger charge is 2.46. The number of allylic oxidation sites excluding steroid dienone is 2. The Hall–Kier alpha value is -3.41. The SMILES string of the molecule is CCCOC(=O)C1C(C)=NC2=C(C(=O)CC(C)(C)C2)[C@@H]1c1ccc(OCc2ccccc2)c(OC)c1. The fraction of sp³-hybridized carbons (Fsp3) is 0.433. The first-order valence-corrected chi connectivity index (χ1v) is 12.6. The summed E-state index contributed by atoms with van der Waals surface area (Å²) in [7, 11) is 1.59. The summed E-state index contributed by atoms with van der Waals surface area (Å²) >= 11 is 0. The van der Waals surface area contributed by atoms with E-state index in [1.807, 2.05) is 62.4 Å². The zero-order chi connectivity index (χ0) is 25.9. The summed E-state index contributed by atoms with van der Waals surface area (Å²) < 4.78 is 17.3. The molecule has 2 atom stereocenters. The quantitative estimate of drug-likeness (QED) is 0.422. The van der Waals surface area contributed by atoms with E-state index in [9.17, 15) is 9.59 Å². The van der Waals surface area contributed by atoms with E-state index in [0.717, 1.165) is 23.2 Å². The first kappa shape index (κ1) is 25.7. The monoisotopic (exact) mass is 489 g/mol. The second-order valence-corrected chi connectivity index (χ2v) is 10.4. The van der Waals surface area contributed by atoms with Gasteiger partial charge in [-0.25, -0.2) is 0 Å². The second kappa shape index (κ2) is 10.7. The molecule has 1 aliphatic heterocycles. The van der Waals surface area contributed by atoms with Gasteiger partial charge in [-0.15, -0.1) is 0 Å². The minimum absolute atomic E-state index is 0.0409. The molecule has 4 rings (SSSR count). The number of ether oxygens (including phenoxy) is 3. The smallest absolute Gasteiger partial charge is 0.315 e. The summed E-state index contributed by atoms with van der Waals surface area (Å²) in [6.07, 6.45) is 1.83. The van der Waals surface area contributed by atoms with E-state index in [4.69, 9.17) is 19.2 Å². The average Bonchev–Trinajstić information content (AvgIpc) is 2.85. The van der Waals surface area contributed by atoms with Crippen molar-refractivity contribution >= 4 is 17.5 Å². The van der Waals surface area contributed by atoms with Crippen molar-refractivity contribution in [2.24, 2.45) is 16.3 Å². The van der Waals surface area contributed by atoms with Crippen LogP contribution in [0.3, 0.4) is 0 Å². The number of hydrogen-bond donors (Lipinski definition) is 0. The third-order valence-corrected chi connectivity index (χ3v) is 6.79. The zero-order valence-corrected chi connectivity index (χ0v) is 21.8. The molecule has 6 heteroatoms. The van der Waals surface area contributed by atoms with Crippen LogP contribution in [0.4, 0.5) is 0 Å².